The zero-order chi connectivity index (χ0) is 51.4. The van der Waals surface area contributed by atoms with Gasteiger partial charge in [0.05, 0.1) is 0 Å². The molecule has 0 amide bonds. The Kier molecular flexibility index (Phi) is 13.6. The number of hydrogen-bond donors (Lipinski definition) is 0. The molecule has 1 heterocycles. The first-order chi connectivity index (χ1) is 33.0. The molecule has 0 spiro atoms. The van der Waals surface area contributed by atoms with Gasteiger partial charge >= 0.3 is 0 Å². The molecule has 23 heteroatoms. The van der Waals surface area contributed by atoms with E-state index in [2.05, 4.69) is 30.3 Å². The van der Waals surface area contributed by atoms with Crippen molar-refractivity contribution in [3.05, 3.63) is 219 Å². The van der Waals surface area contributed by atoms with Crippen LogP contribution in [0.25, 0.3) is 22.4 Å². The van der Waals surface area contributed by atoms with Crippen LogP contribution < -0.4 is 26.4 Å². The highest BCUT2D eigenvalue weighted by molar-refractivity contribution is 7.20. The summed E-state index contributed by atoms with van der Waals surface area (Å²) in [7, 11) is 0. The fourth-order valence-corrected chi connectivity index (χ4v) is 7.98. The minimum Gasteiger partial charge on any atom is -0.287 e. The summed E-state index contributed by atoms with van der Waals surface area (Å²) >= 11 is 0. The van der Waals surface area contributed by atoms with Crippen molar-refractivity contribution in [3.8, 4) is 22.4 Å². The maximum Gasteiger partial charge on any atom is 0.227 e. The molecule has 0 radical (unpaired) electrons. The van der Waals surface area contributed by atoms with Crippen molar-refractivity contribution in [1.82, 2.24) is 0 Å². The smallest absolute Gasteiger partial charge is 0.227 e. The van der Waals surface area contributed by atoms with Gasteiger partial charge in [-0.25, -0.2) is 87.8 Å². The fraction of sp³-hybridized carbons (Fsp3) is 0.0213. The molecule has 8 rings (SSSR count). The summed E-state index contributed by atoms with van der Waals surface area (Å²) in [6.45, 7) is 0.329. The van der Waals surface area contributed by atoms with E-state index in [0.29, 0.717) is 6.54 Å². The van der Waals surface area contributed by atoms with E-state index in [4.69, 9.17) is 0 Å². The SMILES string of the molecule is Fc1c(F)c(F)c([B-](c2c(F)c(F)c(F)c(F)c2F)(c2c(F)c(F)c(F)c(F)c2F)c2c(F)c(F)c(F)c(F)c2F)c(F)c1F.O=C(C[n+]1ccccc1-c1cc2cccccc-2c1)c1ccccc1. The van der Waals surface area contributed by atoms with Crippen LogP contribution in [0.4, 0.5) is 87.8 Å². The number of fused-ring (bicyclic) bond motifs is 1. The van der Waals surface area contributed by atoms with E-state index in [-0.39, 0.29) is 5.78 Å². The number of rotatable bonds is 8. The third kappa shape index (κ3) is 7.95. The molecule has 0 N–H and O–H groups in total. The minimum absolute atomic E-state index is 0.112. The Morgan fingerprint density at radius 1 is 0.329 bits per heavy atom. The Morgan fingerprint density at radius 3 is 0.914 bits per heavy atom. The standard InChI is InChI=1S/C24BF20.C23H18NO/c26-5-1(6(27)14(35)21(42)13(5)34)25(2-7(28)15(36)22(43)16(37)8(2)29,3-9(30)17(38)23(44)18(39)10(3)31)4-11(32)19(40)24(45)20(41)12(4)33;25-23(18-9-3-1-4-10-18)17-24-14-8-7-13-22(24)21-15-19-11-5-2-6-12-20(19)16-21/h;1-16H,17H2/q-1;+1. The van der Waals surface area contributed by atoms with Crippen LogP contribution in [0.1, 0.15) is 10.4 Å². The summed E-state index contributed by atoms with van der Waals surface area (Å²) in [6, 6.07) is 30.2. The van der Waals surface area contributed by atoms with Gasteiger partial charge in [-0.15, -0.1) is 21.9 Å². The first-order valence-corrected chi connectivity index (χ1v) is 19.3. The van der Waals surface area contributed by atoms with E-state index in [9.17, 15) is 57.5 Å². The van der Waals surface area contributed by atoms with Gasteiger partial charge in [0.2, 0.25) is 18.0 Å². The topological polar surface area (TPSA) is 20.9 Å². The number of ketones is 1. The molecular formula is C47H18BF20NO. The Labute approximate surface area is 378 Å². The molecule has 360 valence electrons. The molecule has 0 atom stereocenters. The number of Topliss-reactive ketones (excluding diaryl/α,β-unsaturated/α-hetero) is 1. The van der Waals surface area contributed by atoms with Crippen LogP contribution >= 0.6 is 0 Å². The Balaban J connectivity index is 0.000000242. The lowest BCUT2D eigenvalue weighted by molar-refractivity contribution is -0.672. The van der Waals surface area contributed by atoms with Gasteiger partial charge in [-0.3, -0.25) is 4.79 Å². The van der Waals surface area contributed by atoms with Crippen molar-refractivity contribution >= 4 is 33.8 Å². The second kappa shape index (κ2) is 19.0. The second-order valence-electron chi connectivity index (χ2n) is 14.9. The second-order valence-corrected chi connectivity index (χ2v) is 14.9. The molecule has 2 aliphatic carbocycles. The highest BCUT2D eigenvalue weighted by Crippen LogP contribution is 2.32. The van der Waals surface area contributed by atoms with Gasteiger partial charge in [0, 0.05) is 23.3 Å². The van der Waals surface area contributed by atoms with E-state index >= 15 is 35.1 Å². The van der Waals surface area contributed by atoms with Crippen molar-refractivity contribution in [2.45, 2.75) is 6.54 Å². The van der Waals surface area contributed by atoms with Crippen LogP contribution in [0.3, 0.4) is 0 Å². The molecule has 0 aliphatic heterocycles. The average molecular weight is 1000 g/mol. The van der Waals surface area contributed by atoms with Crippen molar-refractivity contribution in [2.24, 2.45) is 0 Å². The number of aromatic nitrogens is 1. The lowest BCUT2D eigenvalue weighted by Gasteiger charge is -2.44. The number of hydrogen-bond acceptors (Lipinski definition) is 1. The third-order valence-corrected chi connectivity index (χ3v) is 11.1. The van der Waals surface area contributed by atoms with Crippen molar-refractivity contribution in [3.63, 3.8) is 0 Å². The van der Waals surface area contributed by atoms with Gasteiger partial charge in [-0.1, -0.05) is 60.7 Å². The van der Waals surface area contributed by atoms with E-state index in [1.54, 1.807) is 0 Å². The number of halogens is 20. The fourth-order valence-electron chi connectivity index (χ4n) is 7.98. The van der Waals surface area contributed by atoms with Crippen molar-refractivity contribution in [1.29, 1.82) is 0 Å². The summed E-state index contributed by atoms with van der Waals surface area (Å²) in [6.07, 6.45) is -5.25. The van der Waals surface area contributed by atoms with Gasteiger partial charge in [-0.2, -0.15) is 4.57 Å². The van der Waals surface area contributed by atoms with E-state index in [0.717, 1.165) is 16.8 Å². The molecule has 5 aromatic carbocycles. The third-order valence-electron chi connectivity index (χ3n) is 11.1. The number of carbonyl (C=O) groups is 1. The maximum atomic E-state index is 15.4. The van der Waals surface area contributed by atoms with E-state index in [1.165, 1.54) is 11.1 Å². The summed E-state index contributed by atoms with van der Waals surface area (Å²) in [5, 5.41) is 0. The number of carbonyl (C=O) groups excluding carboxylic acids is 1. The molecular weight excluding hydrogens is 985 g/mol. The lowest BCUT2D eigenvalue weighted by atomic mass is 9.12. The van der Waals surface area contributed by atoms with Gasteiger partial charge in [0.25, 0.3) is 0 Å². The van der Waals surface area contributed by atoms with E-state index in [1.807, 2.05) is 71.4 Å². The van der Waals surface area contributed by atoms with E-state index < -0.39 is 144 Å². The van der Waals surface area contributed by atoms with Crippen LogP contribution in [0, 0.1) is 116 Å². The largest absolute Gasteiger partial charge is 0.287 e. The number of nitrogens with zero attached hydrogens (tertiary/aromatic N) is 1. The Bertz CT molecular complexity index is 2970. The zero-order valence-corrected chi connectivity index (χ0v) is 33.9. The minimum atomic E-state index is -7.22. The highest BCUT2D eigenvalue weighted by Gasteiger charge is 2.52. The number of pyridine rings is 1. The Hall–Kier alpha value is -7.72. The van der Waals surface area contributed by atoms with Crippen molar-refractivity contribution in [2.75, 3.05) is 0 Å². The molecule has 2 aliphatic rings. The molecule has 1 aromatic heterocycles. The monoisotopic (exact) mass is 1000 g/mol. The van der Waals surface area contributed by atoms with Crippen LogP contribution in [-0.2, 0) is 6.54 Å². The summed E-state index contributed by atoms with van der Waals surface area (Å²) < 4.78 is 296. The first-order valence-electron chi connectivity index (χ1n) is 19.3. The molecule has 0 saturated carbocycles. The summed E-state index contributed by atoms with van der Waals surface area (Å²) in [4.78, 5) is 12.6. The molecule has 0 unspecified atom stereocenters. The molecule has 6 aromatic rings. The lowest BCUT2D eigenvalue weighted by Crippen LogP contribution is -2.81. The summed E-state index contributed by atoms with van der Waals surface area (Å²) in [5.41, 5.74) is -9.02. The normalized spacial score (nSPS) is 11.5. The van der Waals surface area contributed by atoms with Crippen LogP contribution in [0.5, 0.6) is 0 Å². The van der Waals surface area contributed by atoms with Gasteiger partial charge < -0.3 is 0 Å². The Morgan fingerprint density at radius 2 is 0.600 bits per heavy atom. The van der Waals surface area contributed by atoms with Gasteiger partial charge in [0.15, 0.2) is 76.0 Å². The van der Waals surface area contributed by atoms with Crippen LogP contribution in [-0.4, -0.2) is 11.9 Å². The molecule has 70 heavy (non-hydrogen) atoms. The van der Waals surface area contributed by atoms with Gasteiger partial charge in [-0.05, 0) is 29.3 Å². The van der Waals surface area contributed by atoms with Crippen LogP contribution in [0.2, 0.25) is 0 Å². The molecule has 0 fully saturated rings. The predicted octanol–water partition coefficient (Wildman–Crippen LogP) is 10.5. The predicted molar refractivity (Wildman–Crippen MR) is 209 cm³/mol. The molecule has 2 nitrogen and oxygen atoms in total. The average Bonchev–Trinajstić information content (AvgIpc) is 3.63. The summed E-state index contributed by atoms with van der Waals surface area (Å²) in [5.74, 6) is -71.3. The number of benzene rings is 5. The quantitative estimate of drug-likeness (QED) is 0.0371. The molecule has 0 saturated heterocycles. The van der Waals surface area contributed by atoms with Crippen LogP contribution in [0.15, 0.2) is 97.2 Å². The van der Waals surface area contributed by atoms with Gasteiger partial charge in [0.1, 0.15) is 52.7 Å². The maximum absolute atomic E-state index is 15.4. The molecule has 0 bridgehead atoms. The first kappa shape index (κ1) is 50.2. The zero-order valence-electron chi connectivity index (χ0n) is 33.9. The highest BCUT2D eigenvalue weighted by atomic mass is 19.2. The van der Waals surface area contributed by atoms with Crippen molar-refractivity contribution < 1.29 is 97.2 Å².